The Bertz CT molecular complexity index is 952. The van der Waals surface area contributed by atoms with E-state index >= 15 is 0 Å². The summed E-state index contributed by atoms with van der Waals surface area (Å²) in [6.07, 6.45) is 0.873. The number of hydrogen-bond acceptors (Lipinski definition) is 6. The first-order valence-corrected chi connectivity index (χ1v) is 10.6. The minimum Gasteiger partial charge on any atom is -0.496 e. The summed E-state index contributed by atoms with van der Waals surface area (Å²) in [5, 5.41) is 11.7. The quantitative estimate of drug-likeness (QED) is 0.537. The average Bonchev–Trinajstić information content (AvgIpc) is 3.37. The van der Waals surface area contributed by atoms with Crippen LogP contribution in [0.4, 0.5) is 5.13 Å². The van der Waals surface area contributed by atoms with Gasteiger partial charge in [-0.15, -0.1) is 11.3 Å². The zero-order chi connectivity index (χ0) is 19.9. The lowest BCUT2D eigenvalue weighted by atomic mass is 10.1. The normalized spacial score (nSPS) is 10.5. The highest BCUT2D eigenvalue weighted by molar-refractivity contribution is 7.14. The van der Waals surface area contributed by atoms with E-state index in [0.717, 1.165) is 22.6 Å². The molecule has 0 atom stereocenters. The lowest BCUT2D eigenvalue weighted by Crippen LogP contribution is -2.25. The maximum atomic E-state index is 12.1. The molecule has 3 rings (SSSR count). The Morgan fingerprint density at radius 2 is 2.07 bits per heavy atom. The van der Waals surface area contributed by atoms with Crippen LogP contribution in [-0.2, 0) is 4.79 Å². The molecule has 2 amide bonds. The molecular weight excluding hydrogens is 394 g/mol. The maximum absolute atomic E-state index is 12.1. The van der Waals surface area contributed by atoms with Crippen molar-refractivity contribution in [3.8, 4) is 17.0 Å². The number of ether oxygens (including phenoxy) is 1. The number of aryl methyl sites for hydroxylation is 1. The van der Waals surface area contributed by atoms with Crippen molar-refractivity contribution < 1.29 is 14.3 Å². The molecule has 0 bridgehead atoms. The largest absolute Gasteiger partial charge is 0.496 e. The Balaban J connectivity index is 1.49. The van der Waals surface area contributed by atoms with Crippen LogP contribution in [0.5, 0.6) is 5.75 Å². The van der Waals surface area contributed by atoms with Crippen molar-refractivity contribution in [2.45, 2.75) is 19.8 Å². The highest BCUT2D eigenvalue weighted by atomic mass is 32.1. The lowest BCUT2D eigenvalue weighted by Gasteiger charge is -2.07. The summed E-state index contributed by atoms with van der Waals surface area (Å²) in [4.78, 5) is 28.5. The van der Waals surface area contributed by atoms with Crippen molar-refractivity contribution in [3.05, 3.63) is 51.5 Å². The molecule has 3 aromatic rings. The third kappa shape index (κ3) is 5.17. The van der Waals surface area contributed by atoms with Crippen LogP contribution in [0.3, 0.4) is 0 Å². The fourth-order valence-corrected chi connectivity index (χ4v) is 3.97. The van der Waals surface area contributed by atoms with Crippen LogP contribution < -0.4 is 15.4 Å². The van der Waals surface area contributed by atoms with Gasteiger partial charge in [0.05, 0.1) is 12.8 Å². The molecule has 0 unspecified atom stereocenters. The Labute approximate surface area is 171 Å². The molecule has 1 aromatic carbocycles. The van der Waals surface area contributed by atoms with Crippen molar-refractivity contribution in [2.24, 2.45) is 0 Å². The van der Waals surface area contributed by atoms with Gasteiger partial charge in [0.1, 0.15) is 5.75 Å². The number of thiazole rings is 1. The van der Waals surface area contributed by atoms with Gasteiger partial charge in [-0.05, 0) is 36.9 Å². The second-order valence-electron chi connectivity index (χ2n) is 6.16. The highest BCUT2D eigenvalue weighted by Gasteiger charge is 2.12. The van der Waals surface area contributed by atoms with Crippen LogP contribution in [0.15, 0.2) is 40.4 Å². The van der Waals surface area contributed by atoms with Crippen molar-refractivity contribution in [2.75, 3.05) is 19.0 Å². The van der Waals surface area contributed by atoms with Crippen molar-refractivity contribution in [1.29, 1.82) is 0 Å². The van der Waals surface area contributed by atoms with E-state index in [1.54, 1.807) is 18.6 Å². The predicted octanol–water partition coefficient (Wildman–Crippen LogP) is 4.34. The van der Waals surface area contributed by atoms with E-state index in [2.05, 4.69) is 15.6 Å². The van der Waals surface area contributed by atoms with Gasteiger partial charge in [-0.3, -0.25) is 9.59 Å². The molecule has 146 valence electrons. The van der Waals surface area contributed by atoms with E-state index in [1.807, 2.05) is 35.9 Å². The molecule has 28 heavy (non-hydrogen) atoms. The number of carbonyl (C=O) groups is 2. The maximum Gasteiger partial charge on any atom is 0.252 e. The molecule has 0 saturated heterocycles. The number of hydrogen-bond donors (Lipinski definition) is 2. The second kappa shape index (κ2) is 9.48. The second-order valence-corrected chi connectivity index (χ2v) is 7.80. The van der Waals surface area contributed by atoms with Crippen LogP contribution >= 0.6 is 22.7 Å². The van der Waals surface area contributed by atoms with Gasteiger partial charge < -0.3 is 15.4 Å². The van der Waals surface area contributed by atoms with Gasteiger partial charge in [0.2, 0.25) is 5.91 Å². The summed E-state index contributed by atoms with van der Waals surface area (Å²) in [6, 6.07) is 7.67. The minimum atomic E-state index is -0.123. The third-order valence-electron chi connectivity index (χ3n) is 4.03. The Morgan fingerprint density at radius 1 is 1.21 bits per heavy atom. The first kappa shape index (κ1) is 20.0. The van der Waals surface area contributed by atoms with Gasteiger partial charge in [-0.1, -0.05) is 11.6 Å². The Morgan fingerprint density at radius 3 is 2.82 bits per heavy atom. The fraction of sp³-hybridized carbons (Fsp3) is 0.250. The number of nitrogens with zero attached hydrogens (tertiary/aromatic N) is 1. The minimum absolute atomic E-state index is 0.113. The molecule has 0 saturated carbocycles. The van der Waals surface area contributed by atoms with Gasteiger partial charge in [-0.25, -0.2) is 4.98 Å². The summed E-state index contributed by atoms with van der Waals surface area (Å²) in [7, 11) is 1.63. The molecule has 0 fully saturated rings. The predicted molar refractivity (Wildman–Crippen MR) is 113 cm³/mol. The van der Waals surface area contributed by atoms with Gasteiger partial charge in [-0.2, -0.15) is 11.3 Å². The molecule has 0 aliphatic rings. The summed E-state index contributed by atoms with van der Waals surface area (Å²) < 4.78 is 5.40. The van der Waals surface area contributed by atoms with Gasteiger partial charge >= 0.3 is 0 Å². The van der Waals surface area contributed by atoms with Crippen LogP contribution in [0.25, 0.3) is 11.3 Å². The molecule has 0 aliphatic heterocycles. The summed E-state index contributed by atoms with van der Waals surface area (Å²) in [6.45, 7) is 2.46. The lowest BCUT2D eigenvalue weighted by molar-refractivity contribution is -0.116. The number of thiophene rings is 1. The van der Waals surface area contributed by atoms with E-state index in [9.17, 15) is 9.59 Å². The summed E-state index contributed by atoms with van der Waals surface area (Å²) in [5.41, 5.74) is 3.43. The molecule has 2 heterocycles. The van der Waals surface area contributed by atoms with Gasteiger partial charge in [0.25, 0.3) is 5.91 Å². The number of nitrogens with one attached hydrogen (secondary N) is 2. The summed E-state index contributed by atoms with van der Waals surface area (Å²) in [5.74, 6) is 0.510. The molecule has 6 nitrogen and oxygen atoms in total. The molecule has 0 aliphatic carbocycles. The third-order valence-corrected chi connectivity index (χ3v) is 5.47. The monoisotopic (exact) mass is 415 g/mol. The SMILES string of the molecule is COc1ccc(C)cc1-c1csc(NC(=O)CCCNC(=O)c2ccsc2)n1. The zero-order valence-corrected chi connectivity index (χ0v) is 17.3. The Kier molecular flexibility index (Phi) is 6.78. The van der Waals surface area contributed by atoms with Crippen LogP contribution in [-0.4, -0.2) is 30.5 Å². The van der Waals surface area contributed by atoms with E-state index in [-0.39, 0.29) is 11.8 Å². The number of carbonyl (C=O) groups excluding carboxylic acids is 2. The highest BCUT2D eigenvalue weighted by Crippen LogP contribution is 2.33. The summed E-state index contributed by atoms with van der Waals surface area (Å²) >= 11 is 2.85. The van der Waals surface area contributed by atoms with E-state index < -0.39 is 0 Å². The van der Waals surface area contributed by atoms with E-state index in [1.165, 1.54) is 22.7 Å². The zero-order valence-electron chi connectivity index (χ0n) is 15.7. The topological polar surface area (TPSA) is 80.3 Å². The number of anilines is 1. The standard InChI is InChI=1S/C20H21N3O3S2/c1-13-5-6-17(26-2)15(10-13)16-12-28-20(22-16)23-18(24)4-3-8-21-19(25)14-7-9-27-11-14/h5-7,9-12H,3-4,8H2,1-2H3,(H,21,25)(H,22,23,24). The molecule has 2 N–H and O–H groups in total. The number of aromatic nitrogens is 1. The first-order chi connectivity index (χ1) is 13.6. The average molecular weight is 416 g/mol. The molecular formula is C20H21N3O3S2. The smallest absolute Gasteiger partial charge is 0.252 e. The van der Waals surface area contributed by atoms with E-state index in [0.29, 0.717) is 30.1 Å². The fourth-order valence-electron chi connectivity index (χ4n) is 2.61. The van der Waals surface area contributed by atoms with Gasteiger partial charge in [0.15, 0.2) is 5.13 Å². The molecule has 0 spiro atoms. The van der Waals surface area contributed by atoms with E-state index in [4.69, 9.17) is 4.74 Å². The Hall–Kier alpha value is -2.71. The molecule has 0 radical (unpaired) electrons. The number of rotatable bonds is 8. The molecule has 2 aromatic heterocycles. The van der Waals surface area contributed by atoms with Crippen molar-refractivity contribution in [1.82, 2.24) is 10.3 Å². The van der Waals surface area contributed by atoms with Crippen LogP contribution in [0.1, 0.15) is 28.8 Å². The van der Waals surface area contributed by atoms with Crippen molar-refractivity contribution >= 4 is 39.6 Å². The van der Waals surface area contributed by atoms with Gasteiger partial charge in [0, 0.05) is 34.9 Å². The number of amides is 2. The van der Waals surface area contributed by atoms with Crippen LogP contribution in [0.2, 0.25) is 0 Å². The molecule has 8 heteroatoms. The number of benzene rings is 1. The number of methoxy groups -OCH3 is 1. The van der Waals surface area contributed by atoms with Crippen LogP contribution in [0, 0.1) is 6.92 Å². The van der Waals surface area contributed by atoms with Crippen molar-refractivity contribution in [3.63, 3.8) is 0 Å². The first-order valence-electron chi connectivity index (χ1n) is 8.77.